The maximum atomic E-state index is 11.4. The number of anilines is 1. The summed E-state index contributed by atoms with van der Waals surface area (Å²) in [5.41, 5.74) is 8.78. The number of amides is 1. The second-order valence-corrected chi connectivity index (χ2v) is 5.20. The number of hydrogen-bond donors (Lipinski definition) is 2. The normalized spacial score (nSPS) is 29.9. The summed E-state index contributed by atoms with van der Waals surface area (Å²) < 4.78 is 0. The summed E-state index contributed by atoms with van der Waals surface area (Å²) >= 11 is 0. The number of primary amides is 1. The van der Waals surface area contributed by atoms with Crippen LogP contribution in [0.15, 0.2) is 29.8 Å². The smallest absolute Gasteiger partial charge is 0.223 e. The Bertz CT molecular complexity index is 521. The molecule has 2 unspecified atom stereocenters. The zero-order chi connectivity index (χ0) is 12.0. The van der Waals surface area contributed by atoms with Crippen molar-refractivity contribution in [2.24, 2.45) is 17.1 Å². The minimum atomic E-state index is -0.320. The van der Waals surface area contributed by atoms with Gasteiger partial charge in [-0.05, 0) is 29.5 Å². The first-order chi connectivity index (χ1) is 8.11. The number of para-hydroxylation sites is 1. The number of hydrogen-bond acceptors (Lipinski definition) is 2. The van der Waals surface area contributed by atoms with Gasteiger partial charge in [0.2, 0.25) is 5.91 Å². The number of fused-ring (bicyclic) bond motifs is 1. The first kappa shape index (κ1) is 10.4. The Kier molecular flexibility index (Phi) is 2.05. The average Bonchev–Trinajstić information content (AvgIpc) is 3.03. The number of carbonyl (C=O) groups is 1. The van der Waals surface area contributed by atoms with Gasteiger partial charge in [-0.15, -0.1) is 0 Å². The number of rotatable bonds is 2. The summed E-state index contributed by atoms with van der Waals surface area (Å²) in [6, 6.07) is 8.21. The largest absolute Gasteiger partial charge is 0.381 e. The molecule has 1 aromatic rings. The van der Waals surface area contributed by atoms with Crippen LogP contribution >= 0.6 is 0 Å². The van der Waals surface area contributed by atoms with Crippen molar-refractivity contribution in [3.63, 3.8) is 0 Å². The molecule has 3 heteroatoms. The van der Waals surface area contributed by atoms with Gasteiger partial charge in [0, 0.05) is 12.2 Å². The van der Waals surface area contributed by atoms with Crippen LogP contribution in [0.25, 0.3) is 6.08 Å². The summed E-state index contributed by atoms with van der Waals surface area (Å²) in [4.78, 5) is 11.4. The molecule has 1 fully saturated rings. The molecule has 1 aliphatic carbocycles. The Morgan fingerprint density at radius 2 is 2.24 bits per heavy atom. The van der Waals surface area contributed by atoms with Crippen LogP contribution < -0.4 is 11.1 Å². The molecule has 2 atom stereocenters. The van der Waals surface area contributed by atoms with Crippen molar-refractivity contribution in [1.29, 1.82) is 0 Å². The quantitative estimate of drug-likeness (QED) is 0.813. The predicted octanol–water partition coefficient (Wildman–Crippen LogP) is 2.01. The molecule has 0 bridgehead atoms. The molecule has 1 amide bonds. The molecule has 3 N–H and O–H groups in total. The molecule has 1 aliphatic heterocycles. The van der Waals surface area contributed by atoms with Crippen LogP contribution in [0.4, 0.5) is 5.69 Å². The predicted molar refractivity (Wildman–Crippen MR) is 68.3 cm³/mol. The lowest BCUT2D eigenvalue weighted by Crippen LogP contribution is -2.25. The van der Waals surface area contributed by atoms with E-state index in [0.717, 1.165) is 18.7 Å². The molecule has 0 radical (unpaired) electrons. The highest BCUT2D eigenvalue weighted by atomic mass is 16.1. The first-order valence-corrected chi connectivity index (χ1v) is 5.94. The van der Waals surface area contributed by atoms with Crippen LogP contribution in [0.3, 0.4) is 0 Å². The third kappa shape index (κ3) is 1.54. The van der Waals surface area contributed by atoms with Gasteiger partial charge in [-0.25, -0.2) is 0 Å². The van der Waals surface area contributed by atoms with Gasteiger partial charge in [-0.2, -0.15) is 0 Å². The SMILES string of the molecule is CC1(C(N)=O)CC1C1=Cc2ccccc2NC1. The molecule has 3 rings (SSSR count). The molecule has 3 nitrogen and oxygen atoms in total. The van der Waals surface area contributed by atoms with Gasteiger partial charge in [-0.3, -0.25) is 4.79 Å². The van der Waals surface area contributed by atoms with E-state index in [-0.39, 0.29) is 11.3 Å². The maximum Gasteiger partial charge on any atom is 0.223 e. The number of carbonyl (C=O) groups excluding carboxylic acids is 1. The fraction of sp³-hybridized carbons (Fsp3) is 0.357. The third-order valence-corrected chi connectivity index (χ3v) is 4.03. The Balaban J connectivity index is 1.89. The molecule has 1 heterocycles. The highest BCUT2D eigenvalue weighted by Gasteiger charge is 2.56. The Hall–Kier alpha value is -1.77. The van der Waals surface area contributed by atoms with E-state index >= 15 is 0 Å². The van der Waals surface area contributed by atoms with Crippen molar-refractivity contribution < 1.29 is 4.79 Å². The molecule has 0 saturated heterocycles. The van der Waals surface area contributed by atoms with Crippen molar-refractivity contribution in [3.8, 4) is 0 Å². The Morgan fingerprint density at radius 3 is 2.94 bits per heavy atom. The fourth-order valence-electron chi connectivity index (χ4n) is 2.63. The highest BCUT2D eigenvalue weighted by molar-refractivity contribution is 5.86. The summed E-state index contributed by atoms with van der Waals surface area (Å²) in [5.74, 6) is 0.142. The van der Waals surface area contributed by atoms with E-state index in [1.807, 2.05) is 19.1 Å². The molecule has 2 aliphatic rings. The van der Waals surface area contributed by atoms with Gasteiger partial charge in [0.1, 0.15) is 0 Å². The van der Waals surface area contributed by atoms with Crippen molar-refractivity contribution in [2.45, 2.75) is 13.3 Å². The van der Waals surface area contributed by atoms with Gasteiger partial charge in [0.15, 0.2) is 0 Å². The van der Waals surface area contributed by atoms with Gasteiger partial charge in [0.25, 0.3) is 0 Å². The van der Waals surface area contributed by atoms with Crippen LogP contribution in [0.1, 0.15) is 18.9 Å². The number of nitrogens with two attached hydrogens (primary N) is 1. The van der Waals surface area contributed by atoms with E-state index in [2.05, 4.69) is 23.5 Å². The maximum absolute atomic E-state index is 11.4. The van der Waals surface area contributed by atoms with Crippen molar-refractivity contribution in [1.82, 2.24) is 0 Å². The molecule has 1 saturated carbocycles. The topological polar surface area (TPSA) is 55.1 Å². The van der Waals surface area contributed by atoms with Gasteiger partial charge in [-0.1, -0.05) is 31.2 Å². The van der Waals surface area contributed by atoms with Crippen LogP contribution in [-0.2, 0) is 4.79 Å². The van der Waals surface area contributed by atoms with Gasteiger partial charge < -0.3 is 11.1 Å². The molecule has 88 valence electrons. The molecule has 17 heavy (non-hydrogen) atoms. The van der Waals surface area contributed by atoms with Crippen molar-refractivity contribution >= 4 is 17.7 Å². The Labute approximate surface area is 101 Å². The van der Waals surface area contributed by atoms with E-state index in [9.17, 15) is 4.79 Å². The monoisotopic (exact) mass is 228 g/mol. The van der Waals surface area contributed by atoms with E-state index in [0.29, 0.717) is 5.92 Å². The number of benzene rings is 1. The second kappa shape index (κ2) is 3.36. The van der Waals surface area contributed by atoms with E-state index in [1.165, 1.54) is 11.1 Å². The van der Waals surface area contributed by atoms with Gasteiger partial charge in [0.05, 0.1) is 5.41 Å². The lowest BCUT2D eigenvalue weighted by molar-refractivity contribution is -0.122. The molecule has 0 spiro atoms. The Morgan fingerprint density at radius 1 is 1.47 bits per heavy atom. The first-order valence-electron chi connectivity index (χ1n) is 5.94. The molecular weight excluding hydrogens is 212 g/mol. The number of nitrogens with one attached hydrogen (secondary N) is 1. The van der Waals surface area contributed by atoms with Crippen LogP contribution in [-0.4, -0.2) is 12.5 Å². The highest BCUT2D eigenvalue weighted by Crippen LogP contribution is 2.56. The summed E-state index contributed by atoms with van der Waals surface area (Å²) in [6.07, 6.45) is 3.09. The minimum absolute atomic E-state index is 0.178. The van der Waals surface area contributed by atoms with E-state index in [4.69, 9.17) is 5.73 Å². The zero-order valence-electron chi connectivity index (χ0n) is 9.86. The lowest BCUT2D eigenvalue weighted by atomic mass is 9.96. The second-order valence-electron chi connectivity index (χ2n) is 5.20. The van der Waals surface area contributed by atoms with Crippen LogP contribution in [0.2, 0.25) is 0 Å². The standard InChI is InChI=1S/C14H16N2O/c1-14(13(15)17)7-11(14)10-6-9-4-2-3-5-12(9)16-8-10/h2-6,11,16H,7-8H2,1H3,(H2,15,17). The minimum Gasteiger partial charge on any atom is -0.381 e. The summed E-state index contributed by atoms with van der Waals surface area (Å²) in [6.45, 7) is 2.78. The van der Waals surface area contributed by atoms with E-state index < -0.39 is 0 Å². The molecule has 1 aromatic carbocycles. The summed E-state index contributed by atoms with van der Waals surface area (Å²) in [7, 11) is 0. The fourth-order valence-corrected chi connectivity index (χ4v) is 2.63. The zero-order valence-corrected chi connectivity index (χ0v) is 9.86. The molecular formula is C14H16N2O. The van der Waals surface area contributed by atoms with Gasteiger partial charge >= 0.3 is 0 Å². The third-order valence-electron chi connectivity index (χ3n) is 4.03. The van der Waals surface area contributed by atoms with Crippen molar-refractivity contribution in [2.75, 3.05) is 11.9 Å². The average molecular weight is 228 g/mol. The molecule has 0 aromatic heterocycles. The summed E-state index contributed by atoms with van der Waals surface area (Å²) in [5, 5.41) is 3.39. The van der Waals surface area contributed by atoms with Crippen LogP contribution in [0.5, 0.6) is 0 Å². The lowest BCUT2D eigenvalue weighted by Gasteiger charge is -2.19. The van der Waals surface area contributed by atoms with E-state index in [1.54, 1.807) is 0 Å². The van der Waals surface area contributed by atoms with Crippen LogP contribution in [0, 0.1) is 11.3 Å². The van der Waals surface area contributed by atoms with Crippen molar-refractivity contribution in [3.05, 3.63) is 35.4 Å².